The van der Waals surface area contributed by atoms with Crippen molar-refractivity contribution in [2.24, 2.45) is 11.3 Å². The molecule has 2 amide bonds. The van der Waals surface area contributed by atoms with E-state index in [1.54, 1.807) is 0 Å². The molecule has 1 aliphatic carbocycles. The molecule has 0 radical (unpaired) electrons. The quantitative estimate of drug-likeness (QED) is 0.309. The zero-order chi connectivity index (χ0) is 25.3. The summed E-state index contributed by atoms with van der Waals surface area (Å²) in [7, 11) is 0. The van der Waals surface area contributed by atoms with E-state index in [-0.39, 0.29) is 17.0 Å². The van der Waals surface area contributed by atoms with Crippen molar-refractivity contribution < 1.29 is 14.5 Å². The number of hydrogen-bond acceptors (Lipinski definition) is 5. The average Bonchev–Trinajstić information content (AvgIpc) is 3.17. The number of para-hydroxylation sites is 1. The maximum absolute atomic E-state index is 13.5. The van der Waals surface area contributed by atoms with Crippen molar-refractivity contribution in [3.8, 4) is 0 Å². The Morgan fingerprint density at radius 2 is 1.71 bits per heavy atom. The largest absolute Gasteiger partial charge is 0.322 e. The molecule has 0 bridgehead atoms. The molecule has 4 rings (SSSR count). The van der Waals surface area contributed by atoms with E-state index in [2.05, 4.69) is 31.4 Å². The SMILES string of the molecule is Cc1ccccc1NC(=O)c1c(NC(=O)c2ccc([N+](=O)[O-])cc2)sc2c1CCC(C(C)(C)C)C2. The molecule has 1 unspecified atom stereocenters. The fraction of sp³-hybridized carbons (Fsp3) is 0.333. The Balaban J connectivity index is 1.68. The lowest BCUT2D eigenvalue weighted by atomic mass is 9.72. The molecule has 35 heavy (non-hydrogen) atoms. The number of amides is 2. The van der Waals surface area contributed by atoms with Crippen LogP contribution in [0.2, 0.25) is 0 Å². The Labute approximate surface area is 208 Å². The van der Waals surface area contributed by atoms with E-state index in [0.29, 0.717) is 22.0 Å². The highest BCUT2D eigenvalue weighted by atomic mass is 32.1. The van der Waals surface area contributed by atoms with Gasteiger partial charge in [-0.05, 0) is 66.8 Å². The second kappa shape index (κ2) is 9.62. The average molecular weight is 492 g/mol. The smallest absolute Gasteiger partial charge is 0.269 e. The zero-order valence-corrected chi connectivity index (χ0v) is 21.1. The van der Waals surface area contributed by atoms with Gasteiger partial charge < -0.3 is 10.6 Å². The van der Waals surface area contributed by atoms with Crippen LogP contribution in [0.15, 0.2) is 48.5 Å². The van der Waals surface area contributed by atoms with Crippen LogP contribution >= 0.6 is 11.3 Å². The van der Waals surface area contributed by atoms with Gasteiger partial charge in [0.05, 0.1) is 10.5 Å². The van der Waals surface area contributed by atoms with E-state index in [1.807, 2.05) is 31.2 Å². The zero-order valence-electron chi connectivity index (χ0n) is 20.3. The van der Waals surface area contributed by atoms with E-state index in [4.69, 9.17) is 0 Å². The number of carbonyl (C=O) groups excluding carboxylic acids is 2. The first-order valence-corrected chi connectivity index (χ1v) is 12.4. The maximum atomic E-state index is 13.5. The highest BCUT2D eigenvalue weighted by Crippen LogP contribution is 2.44. The molecule has 2 aromatic carbocycles. The molecule has 2 N–H and O–H groups in total. The molecular weight excluding hydrogens is 462 g/mol. The summed E-state index contributed by atoms with van der Waals surface area (Å²) in [5.41, 5.74) is 3.55. The third kappa shape index (κ3) is 5.27. The number of rotatable bonds is 5. The van der Waals surface area contributed by atoms with E-state index < -0.39 is 10.8 Å². The van der Waals surface area contributed by atoms with Gasteiger partial charge in [-0.15, -0.1) is 11.3 Å². The molecule has 1 aliphatic rings. The molecule has 0 aliphatic heterocycles. The summed E-state index contributed by atoms with van der Waals surface area (Å²) in [5.74, 6) is -0.167. The van der Waals surface area contributed by atoms with Crippen LogP contribution in [0.25, 0.3) is 0 Å². The Morgan fingerprint density at radius 3 is 2.34 bits per heavy atom. The summed E-state index contributed by atoms with van der Waals surface area (Å²) in [6.07, 6.45) is 2.62. The Kier molecular flexibility index (Phi) is 6.76. The van der Waals surface area contributed by atoms with E-state index in [9.17, 15) is 19.7 Å². The van der Waals surface area contributed by atoms with Crippen molar-refractivity contribution >= 4 is 39.5 Å². The highest BCUT2D eigenvalue weighted by Gasteiger charge is 2.34. The third-order valence-electron chi connectivity index (χ3n) is 6.68. The summed E-state index contributed by atoms with van der Waals surface area (Å²) in [6.45, 7) is 8.64. The molecule has 0 saturated carbocycles. The lowest BCUT2D eigenvalue weighted by Crippen LogP contribution is -2.27. The lowest BCUT2D eigenvalue weighted by Gasteiger charge is -2.33. The summed E-state index contributed by atoms with van der Waals surface area (Å²) in [5, 5.41) is 17.4. The Bertz CT molecular complexity index is 1290. The van der Waals surface area contributed by atoms with Gasteiger partial charge in [0.2, 0.25) is 0 Å². The van der Waals surface area contributed by atoms with E-state index in [1.165, 1.54) is 35.6 Å². The van der Waals surface area contributed by atoms with Gasteiger partial charge in [-0.2, -0.15) is 0 Å². The number of anilines is 2. The van der Waals surface area contributed by atoms with Crippen molar-refractivity contribution in [1.29, 1.82) is 0 Å². The first kappa shape index (κ1) is 24.6. The van der Waals surface area contributed by atoms with Crippen LogP contribution in [0.4, 0.5) is 16.4 Å². The molecular formula is C27H29N3O4S. The number of benzene rings is 2. The van der Waals surface area contributed by atoms with Crippen LogP contribution in [0, 0.1) is 28.4 Å². The number of aryl methyl sites for hydroxylation is 1. The number of nitro benzene ring substituents is 1. The molecule has 1 heterocycles. The van der Waals surface area contributed by atoms with Crippen LogP contribution in [-0.2, 0) is 12.8 Å². The van der Waals surface area contributed by atoms with Crippen molar-refractivity contribution in [2.75, 3.05) is 10.6 Å². The van der Waals surface area contributed by atoms with Gasteiger partial charge in [0.15, 0.2) is 0 Å². The number of non-ortho nitro benzene ring substituents is 1. The lowest BCUT2D eigenvalue weighted by molar-refractivity contribution is -0.384. The van der Waals surface area contributed by atoms with Crippen molar-refractivity contribution in [1.82, 2.24) is 0 Å². The number of thiophene rings is 1. The minimum Gasteiger partial charge on any atom is -0.322 e. The number of nitro groups is 1. The van der Waals surface area contributed by atoms with Crippen LogP contribution in [0.3, 0.4) is 0 Å². The molecule has 7 nitrogen and oxygen atoms in total. The minimum atomic E-state index is -0.505. The van der Waals surface area contributed by atoms with Gasteiger partial charge in [0.1, 0.15) is 5.00 Å². The van der Waals surface area contributed by atoms with E-state index >= 15 is 0 Å². The van der Waals surface area contributed by atoms with Crippen molar-refractivity contribution in [2.45, 2.75) is 47.0 Å². The van der Waals surface area contributed by atoms with Crippen molar-refractivity contribution in [3.05, 3.63) is 85.8 Å². The normalized spacial score (nSPS) is 15.3. The van der Waals surface area contributed by atoms with Gasteiger partial charge in [0, 0.05) is 28.3 Å². The number of fused-ring (bicyclic) bond motifs is 1. The molecule has 0 saturated heterocycles. The fourth-order valence-electron chi connectivity index (χ4n) is 4.46. The maximum Gasteiger partial charge on any atom is 0.269 e. The number of carbonyl (C=O) groups is 2. The third-order valence-corrected chi connectivity index (χ3v) is 7.85. The highest BCUT2D eigenvalue weighted by molar-refractivity contribution is 7.17. The molecule has 0 fully saturated rings. The summed E-state index contributed by atoms with van der Waals surface area (Å²) in [6, 6.07) is 13.0. The number of nitrogens with zero attached hydrogens (tertiary/aromatic N) is 1. The second-order valence-electron chi connectivity index (χ2n) is 10.0. The Morgan fingerprint density at radius 1 is 1.03 bits per heavy atom. The topological polar surface area (TPSA) is 101 Å². The summed E-state index contributed by atoms with van der Waals surface area (Å²) in [4.78, 5) is 38.1. The molecule has 3 aromatic rings. The molecule has 182 valence electrons. The Hall–Kier alpha value is -3.52. The number of hydrogen-bond donors (Lipinski definition) is 2. The first-order valence-electron chi connectivity index (χ1n) is 11.6. The minimum absolute atomic E-state index is 0.0837. The molecule has 1 aromatic heterocycles. The predicted molar refractivity (Wildman–Crippen MR) is 139 cm³/mol. The van der Waals surface area contributed by atoms with Gasteiger partial charge >= 0.3 is 0 Å². The van der Waals surface area contributed by atoms with Gasteiger partial charge in [0.25, 0.3) is 17.5 Å². The van der Waals surface area contributed by atoms with Crippen LogP contribution in [-0.4, -0.2) is 16.7 Å². The number of nitrogens with one attached hydrogen (secondary N) is 2. The van der Waals surface area contributed by atoms with Crippen molar-refractivity contribution in [3.63, 3.8) is 0 Å². The van der Waals surface area contributed by atoms with Crippen LogP contribution in [0.1, 0.15) is 63.9 Å². The second-order valence-corrected chi connectivity index (χ2v) is 11.1. The van der Waals surface area contributed by atoms with Crippen LogP contribution in [0.5, 0.6) is 0 Å². The standard InChI is InChI=1S/C27H29N3O4S/c1-16-7-5-6-8-21(16)28-25(32)23-20-14-11-18(27(2,3)4)15-22(20)35-26(23)29-24(31)17-9-12-19(13-10-17)30(33)34/h5-10,12-13,18H,11,14-15H2,1-4H3,(H,28,32)(H,29,31). The molecule has 0 spiro atoms. The first-order chi connectivity index (χ1) is 16.5. The summed E-state index contributed by atoms with van der Waals surface area (Å²) >= 11 is 1.45. The monoisotopic (exact) mass is 491 g/mol. The van der Waals surface area contributed by atoms with Gasteiger partial charge in [-0.25, -0.2) is 0 Å². The molecule has 1 atom stereocenters. The fourth-order valence-corrected chi connectivity index (χ4v) is 5.78. The van der Waals surface area contributed by atoms with Crippen LogP contribution < -0.4 is 10.6 Å². The predicted octanol–water partition coefficient (Wildman–Crippen LogP) is 6.62. The van der Waals surface area contributed by atoms with Gasteiger partial charge in [-0.3, -0.25) is 19.7 Å². The van der Waals surface area contributed by atoms with E-state index in [0.717, 1.165) is 41.0 Å². The summed E-state index contributed by atoms with van der Waals surface area (Å²) < 4.78 is 0. The molecule has 8 heteroatoms. The van der Waals surface area contributed by atoms with Gasteiger partial charge in [-0.1, -0.05) is 39.0 Å².